The molecule has 0 bridgehead atoms. The fourth-order valence-electron chi connectivity index (χ4n) is 13.6. The first-order chi connectivity index (χ1) is 40.2. The van der Waals surface area contributed by atoms with Crippen molar-refractivity contribution in [3.8, 4) is 57.1 Å². The van der Waals surface area contributed by atoms with E-state index in [1.807, 2.05) is 0 Å². The third-order valence-electron chi connectivity index (χ3n) is 16.9. The number of benzene rings is 12. The summed E-state index contributed by atoms with van der Waals surface area (Å²) in [6.07, 6.45) is 0. The number of hydrogen-bond donors (Lipinski definition) is 0. The number of fused-ring (bicyclic) bond motifs is 16. The number of nitrogens with zero attached hydrogens (tertiary/aromatic N) is 6. The first-order valence-corrected chi connectivity index (χ1v) is 28.0. The Labute approximate surface area is 467 Å². The van der Waals surface area contributed by atoms with Crippen molar-refractivity contribution in [1.82, 2.24) is 18.3 Å². The fourth-order valence-corrected chi connectivity index (χ4v) is 14.8. The Balaban J connectivity index is 1.17. The maximum atomic E-state index is 13.0. The number of nitriles is 2. The zero-order chi connectivity index (χ0) is 53.4. The second-order valence-corrected chi connectivity index (χ2v) is 21.9. The van der Waals surface area contributed by atoms with Crippen LogP contribution in [0.3, 0.4) is 0 Å². The Morgan fingerprint density at radius 3 is 1.07 bits per heavy atom. The van der Waals surface area contributed by atoms with Gasteiger partial charge in [0.2, 0.25) is 0 Å². The molecule has 0 atom stereocenters. The highest BCUT2D eigenvalue weighted by atomic mass is 32.1. The minimum absolute atomic E-state index is 0.418. The molecular formula is C74H42N6S. The molecule has 0 spiro atoms. The lowest BCUT2D eigenvalue weighted by Crippen LogP contribution is -2.16. The minimum Gasteiger partial charge on any atom is -0.306 e. The van der Waals surface area contributed by atoms with Gasteiger partial charge in [-0.05, 0) is 70.8 Å². The average molecular weight is 1050 g/mol. The van der Waals surface area contributed by atoms with Crippen LogP contribution in [0.25, 0.3) is 152 Å². The Bertz CT molecular complexity index is 5470. The molecule has 0 aliphatic carbocycles. The molecule has 17 rings (SSSR count). The predicted octanol–water partition coefficient (Wildman–Crippen LogP) is 19.5. The summed E-state index contributed by atoms with van der Waals surface area (Å²) in [7, 11) is 0. The summed E-state index contributed by atoms with van der Waals surface area (Å²) < 4.78 is 11.5. The van der Waals surface area contributed by atoms with E-state index in [4.69, 9.17) is 0 Å². The Hall–Kier alpha value is -11.0. The molecule has 0 saturated carbocycles. The third-order valence-corrected chi connectivity index (χ3v) is 18.0. The van der Waals surface area contributed by atoms with Gasteiger partial charge in [-0.15, -0.1) is 11.3 Å². The van der Waals surface area contributed by atoms with Crippen molar-refractivity contribution in [3.63, 3.8) is 0 Å². The van der Waals surface area contributed by atoms with E-state index in [1.165, 1.54) is 10.1 Å². The van der Waals surface area contributed by atoms with Crippen LogP contribution in [0, 0.1) is 22.7 Å². The molecule has 0 radical (unpaired) electrons. The molecule has 5 heterocycles. The number of para-hydroxylation sites is 6. The van der Waals surface area contributed by atoms with Gasteiger partial charge < -0.3 is 18.3 Å². The van der Waals surface area contributed by atoms with Crippen LogP contribution in [0.15, 0.2) is 255 Å². The van der Waals surface area contributed by atoms with Crippen molar-refractivity contribution in [2.24, 2.45) is 0 Å². The van der Waals surface area contributed by atoms with Gasteiger partial charge in [0, 0.05) is 58.6 Å². The largest absolute Gasteiger partial charge is 0.306 e. The van der Waals surface area contributed by atoms with Gasteiger partial charge >= 0.3 is 0 Å². The molecule has 6 nitrogen and oxygen atoms in total. The van der Waals surface area contributed by atoms with Crippen LogP contribution in [0.1, 0.15) is 11.1 Å². The van der Waals surface area contributed by atoms with Gasteiger partial charge in [0.1, 0.15) is 23.3 Å². The highest BCUT2D eigenvalue weighted by molar-refractivity contribution is 7.26. The molecule has 0 saturated heterocycles. The van der Waals surface area contributed by atoms with Crippen LogP contribution in [0.5, 0.6) is 0 Å². The molecule has 0 unspecified atom stereocenters. The minimum atomic E-state index is 0.418. The van der Waals surface area contributed by atoms with Gasteiger partial charge in [0.25, 0.3) is 0 Å². The van der Waals surface area contributed by atoms with Crippen molar-refractivity contribution < 1.29 is 0 Å². The monoisotopic (exact) mass is 1050 g/mol. The Morgan fingerprint density at radius 2 is 0.617 bits per heavy atom. The van der Waals surface area contributed by atoms with E-state index >= 15 is 0 Å². The van der Waals surface area contributed by atoms with E-state index in [9.17, 15) is 10.5 Å². The SMILES string of the molecule is N#Cc1c(-n2c3ccccc3c3ccccc32)c(-n2c3ccccc3c3ccccc32)c(C#N)c(-n2c3cc(-c4ccccc4-c4ccccc4)ccc3c3ccc4c5ccccc5sc4c32)c1-n1c2ccccc2c2ccccc21. The molecule has 0 fully saturated rings. The molecule has 81 heavy (non-hydrogen) atoms. The second-order valence-electron chi connectivity index (χ2n) is 20.9. The molecule has 0 aliphatic rings. The van der Waals surface area contributed by atoms with Crippen molar-refractivity contribution >= 4 is 119 Å². The second kappa shape index (κ2) is 17.3. The highest BCUT2D eigenvalue weighted by Gasteiger charge is 2.35. The lowest BCUT2D eigenvalue weighted by molar-refractivity contribution is 1.03. The number of thiophene rings is 1. The normalized spacial score (nSPS) is 11.9. The van der Waals surface area contributed by atoms with Crippen molar-refractivity contribution in [1.29, 1.82) is 10.5 Å². The topological polar surface area (TPSA) is 67.3 Å². The summed E-state index contributed by atoms with van der Waals surface area (Å²) in [6, 6.07) is 96.1. The average Bonchev–Trinajstić information content (AvgIpc) is 4.51. The molecule has 7 heteroatoms. The standard InChI is InChI=1S/C74H42N6S/c75-43-59-69(77-61-31-13-6-24-49(61)50-25-7-14-32-62(50)77)70(78-63-33-15-8-26-51(63)52-27-9-16-34-64(52)78)60(44-76)72(71(59)79-65-35-17-10-28-53(65)54-29-11-18-36-66(54)79)80-67-42-46(48-23-5-4-22-47(48)45-20-2-1-3-21-45)38-39-55(67)57-40-41-58-56-30-12-19-37-68(56)81-74(58)73(57)80/h1-42H. The summed E-state index contributed by atoms with van der Waals surface area (Å²) in [6.45, 7) is 0. The van der Waals surface area contributed by atoms with Gasteiger partial charge in [-0.25, -0.2) is 0 Å². The van der Waals surface area contributed by atoms with Crippen LogP contribution in [-0.2, 0) is 0 Å². The van der Waals surface area contributed by atoms with Crippen LogP contribution in [0.2, 0.25) is 0 Å². The summed E-state index contributed by atoms with van der Waals surface area (Å²) in [5, 5.41) is 36.5. The number of aromatic nitrogens is 4. The zero-order valence-corrected chi connectivity index (χ0v) is 44.2. The molecule has 0 aliphatic heterocycles. The first kappa shape index (κ1) is 45.1. The van der Waals surface area contributed by atoms with Gasteiger partial charge in [-0.3, -0.25) is 0 Å². The van der Waals surface area contributed by atoms with Gasteiger partial charge in [-0.1, -0.05) is 206 Å². The van der Waals surface area contributed by atoms with Gasteiger partial charge in [0.05, 0.1) is 71.6 Å². The van der Waals surface area contributed by atoms with Crippen LogP contribution < -0.4 is 0 Å². The molecule has 374 valence electrons. The third kappa shape index (κ3) is 6.24. The van der Waals surface area contributed by atoms with E-state index in [-0.39, 0.29) is 0 Å². The lowest BCUT2D eigenvalue weighted by atomic mass is 9.94. The van der Waals surface area contributed by atoms with Crippen molar-refractivity contribution in [2.75, 3.05) is 0 Å². The summed E-state index contributed by atoms with van der Waals surface area (Å²) in [5.41, 5.74) is 15.1. The molecular weight excluding hydrogens is 1000 g/mol. The van der Waals surface area contributed by atoms with E-state index in [0.29, 0.717) is 33.9 Å². The smallest absolute Gasteiger partial charge is 0.104 e. The zero-order valence-electron chi connectivity index (χ0n) is 43.3. The maximum Gasteiger partial charge on any atom is 0.104 e. The molecule has 5 aromatic heterocycles. The first-order valence-electron chi connectivity index (χ1n) is 27.2. The van der Waals surface area contributed by atoms with E-state index in [2.05, 4.69) is 285 Å². The lowest BCUT2D eigenvalue weighted by Gasteiger charge is -2.27. The summed E-state index contributed by atoms with van der Waals surface area (Å²) in [4.78, 5) is 0. The number of hydrogen-bond acceptors (Lipinski definition) is 3. The quantitative estimate of drug-likeness (QED) is 0.167. The predicted molar refractivity (Wildman–Crippen MR) is 337 cm³/mol. The summed E-state index contributed by atoms with van der Waals surface area (Å²) >= 11 is 1.77. The van der Waals surface area contributed by atoms with E-state index in [0.717, 1.165) is 120 Å². The summed E-state index contributed by atoms with van der Waals surface area (Å²) in [5.74, 6) is 0. The Kier molecular flexibility index (Phi) is 9.62. The van der Waals surface area contributed by atoms with Gasteiger partial charge in [-0.2, -0.15) is 10.5 Å². The van der Waals surface area contributed by atoms with Crippen LogP contribution >= 0.6 is 11.3 Å². The Morgan fingerprint density at radius 1 is 0.272 bits per heavy atom. The fraction of sp³-hybridized carbons (Fsp3) is 0. The van der Waals surface area contributed by atoms with Gasteiger partial charge in [0.15, 0.2) is 0 Å². The van der Waals surface area contributed by atoms with Crippen LogP contribution in [0.4, 0.5) is 0 Å². The highest BCUT2D eigenvalue weighted by Crippen LogP contribution is 2.51. The van der Waals surface area contributed by atoms with E-state index in [1.54, 1.807) is 11.3 Å². The van der Waals surface area contributed by atoms with E-state index < -0.39 is 0 Å². The molecule has 0 amide bonds. The van der Waals surface area contributed by atoms with Crippen LogP contribution in [-0.4, -0.2) is 18.3 Å². The molecule has 12 aromatic carbocycles. The molecule has 17 aromatic rings. The van der Waals surface area contributed by atoms with Crippen molar-refractivity contribution in [2.45, 2.75) is 0 Å². The molecule has 0 N–H and O–H groups in total. The van der Waals surface area contributed by atoms with Crippen molar-refractivity contribution in [3.05, 3.63) is 266 Å². The maximum absolute atomic E-state index is 13.0. The number of rotatable bonds is 6.